The van der Waals surface area contributed by atoms with Crippen LogP contribution in [0.1, 0.15) is 18.4 Å². The normalized spacial score (nSPS) is 14.2. The number of halogens is 3. The molecule has 0 fully saturated rings. The summed E-state index contributed by atoms with van der Waals surface area (Å²) in [6, 6.07) is 8.00. The van der Waals surface area contributed by atoms with Gasteiger partial charge in [0.2, 0.25) is 6.54 Å². The second-order valence-electron chi connectivity index (χ2n) is 5.03. The molecule has 138 valence electrons. The molecule has 1 rings (SSSR count). The van der Waals surface area contributed by atoms with Crippen LogP contribution in [0.15, 0.2) is 42.5 Å². The van der Waals surface area contributed by atoms with Crippen LogP contribution in [0.2, 0.25) is 0 Å². The van der Waals surface area contributed by atoms with Gasteiger partial charge >= 0.3 is 12.1 Å². The van der Waals surface area contributed by atoms with E-state index in [1.165, 1.54) is 0 Å². The molecule has 0 aliphatic carbocycles. The van der Waals surface area contributed by atoms with E-state index in [1.807, 2.05) is 0 Å². The van der Waals surface area contributed by atoms with Gasteiger partial charge in [0.25, 0.3) is 0 Å². The molecule has 0 saturated carbocycles. The van der Waals surface area contributed by atoms with Gasteiger partial charge < -0.3 is 9.47 Å². The molecule has 0 saturated heterocycles. The van der Waals surface area contributed by atoms with Crippen LogP contribution in [0, 0.1) is 10.1 Å². The molecular weight excluding hydrogens is 343 g/mol. The van der Waals surface area contributed by atoms with Crippen molar-refractivity contribution in [2.75, 3.05) is 19.8 Å². The van der Waals surface area contributed by atoms with Gasteiger partial charge in [0.15, 0.2) is 0 Å². The van der Waals surface area contributed by atoms with E-state index in [4.69, 9.17) is 4.74 Å². The fourth-order valence-electron chi connectivity index (χ4n) is 2.12. The van der Waals surface area contributed by atoms with Gasteiger partial charge in [-0.3, -0.25) is 10.1 Å². The molecule has 0 heterocycles. The molecule has 2 atom stereocenters. The predicted octanol–water partition coefficient (Wildman–Crippen LogP) is 3.11. The summed E-state index contributed by atoms with van der Waals surface area (Å²) in [7, 11) is 0. The quantitative estimate of drug-likeness (QED) is 0.292. The number of ether oxygens (including phenoxy) is 2. The van der Waals surface area contributed by atoms with Crippen molar-refractivity contribution in [2.45, 2.75) is 25.1 Å². The molecule has 0 aromatic heterocycles. The third-order valence-electron chi connectivity index (χ3n) is 3.12. The molecule has 0 spiro atoms. The van der Waals surface area contributed by atoms with Gasteiger partial charge in [0, 0.05) is 11.0 Å². The second kappa shape index (κ2) is 9.77. The smallest absolute Gasteiger partial charge is 0.411 e. The fourth-order valence-corrected chi connectivity index (χ4v) is 2.12. The molecule has 1 aromatic rings. The Kier molecular flexibility index (Phi) is 8.06. The van der Waals surface area contributed by atoms with Crippen LogP contribution < -0.4 is 0 Å². The number of carbonyl (C=O) groups excluding carboxylic acids is 1. The number of hydrogen-bond donors (Lipinski definition) is 0. The lowest BCUT2D eigenvalue weighted by Gasteiger charge is -2.23. The van der Waals surface area contributed by atoms with Gasteiger partial charge in [-0.1, -0.05) is 30.3 Å². The molecule has 1 aromatic carbocycles. The van der Waals surface area contributed by atoms with Crippen LogP contribution in [-0.2, 0) is 14.3 Å². The van der Waals surface area contributed by atoms with Crippen molar-refractivity contribution >= 4 is 5.97 Å². The minimum absolute atomic E-state index is 0.0915. The predicted molar refractivity (Wildman–Crippen MR) is 82.6 cm³/mol. The van der Waals surface area contributed by atoms with Crippen LogP contribution in [0.3, 0.4) is 0 Å². The number of hydrogen-bond acceptors (Lipinski definition) is 5. The van der Waals surface area contributed by atoms with E-state index in [-0.39, 0.29) is 6.61 Å². The molecule has 0 aliphatic heterocycles. The summed E-state index contributed by atoms with van der Waals surface area (Å²) in [6.07, 6.45) is -3.95. The average Bonchev–Trinajstić information content (AvgIpc) is 2.53. The van der Waals surface area contributed by atoms with Gasteiger partial charge in [-0.25, -0.2) is 4.79 Å². The molecule has 0 amide bonds. The number of rotatable bonds is 9. The van der Waals surface area contributed by atoms with Crippen LogP contribution in [0.5, 0.6) is 0 Å². The molecule has 9 heteroatoms. The second-order valence-corrected chi connectivity index (χ2v) is 5.03. The Hall–Kier alpha value is -2.42. The van der Waals surface area contributed by atoms with Crippen molar-refractivity contribution in [2.24, 2.45) is 0 Å². The highest BCUT2D eigenvalue weighted by molar-refractivity contribution is 5.82. The summed E-state index contributed by atoms with van der Waals surface area (Å²) >= 11 is 0. The first kappa shape index (κ1) is 20.6. The Balaban J connectivity index is 3.09. The summed E-state index contributed by atoms with van der Waals surface area (Å²) in [6.45, 7) is -0.581. The molecule has 0 radical (unpaired) electrons. The molecule has 6 nitrogen and oxygen atoms in total. The SMILES string of the molecule is CCOC(=O)/C=C/[C@@H](OCC(F)(F)F)[C@H](C[N+](=O)[O-])c1ccccc1. The summed E-state index contributed by atoms with van der Waals surface area (Å²) in [5, 5.41) is 10.9. The summed E-state index contributed by atoms with van der Waals surface area (Å²) in [5.41, 5.74) is 0.430. The lowest BCUT2D eigenvalue weighted by Crippen LogP contribution is -2.30. The topological polar surface area (TPSA) is 78.7 Å². The average molecular weight is 361 g/mol. The maximum atomic E-state index is 12.5. The molecule has 0 unspecified atom stereocenters. The van der Waals surface area contributed by atoms with E-state index >= 15 is 0 Å². The van der Waals surface area contributed by atoms with Crippen LogP contribution >= 0.6 is 0 Å². The number of nitrogens with zero attached hydrogens (tertiary/aromatic N) is 1. The highest BCUT2D eigenvalue weighted by Crippen LogP contribution is 2.26. The summed E-state index contributed by atoms with van der Waals surface area (Å²) in [4.78, 5) is 21.7. The molecule has 0 aliphatic rings. The maximum Gasteiger partial charge on any atom is 0.411 e. The van der Waals surface area contributed by atoms with Gasteiger partial charge in [-0.2, -0.15) is 13.2 Å². The highest BCUT2D eigenvalue weighted by atomic mass is 19.4. The van der Waals surface area contributed by atoms with Gasteiger partial charge in [-0.05, 0) is 18.6 Å². The minimum Gasteiger partial charge on any atom is -0.463 e. The van der Waals surface area contributed by atoms with Crippen molar-refractivity contribution in [3.05, 3.63) is 58.2 Å². The number of nitro groups is 1. The van der Waals surface area contributed by atoms with Crippen LogP contribution in [0.4, 0.5) is 13.2 Å². The summed E-state index contributed by atoms with van der Waals surface area (Å²) < 4.78 is 47.0. The van der Waals surface area contributed by atoms with E-state index < -0.39 is 42.2 Å². The van der Waals surface area contributed by atoms with E-state index in [2.05, 4.69) is 4.74 Å². The zero-order chi connectivity index (χ0) is 18.9. The zero-order valence-corrected chi connectivity index (χ0v) is 13.4. The lowest BCUT2D eigenvalue weighted by atomic mass is 9.93. The van der Waals surface area contributed by atoms with Crippen LogP contribution in [0.25, 0.3) is 0 Å². The van der Waals surface area contributed by atoms with Gasteiger partial charge in [0.1, 0.15) is 6.61 Å². The number of carbonyl (C=O) groups is 1. The third-order valence-corrected chi connectivity index (χ3v) is 3.12. The Morgan fingerprint density at radius 1 is 1.32 bits per heavy atom. The molecular formula is C16H18F3NO5. The van der Waals surface area contributed by atoms with E-state index in [9.17, 15) is 28.1 Å². The van der Waals surface area contributed by atoms with E-state index in [1.54, 1.807) is 37.3 Å². The number of alkyl halides is 3. The van der Waals surface area contributed by atoms with E-state index in [0.717, 1.165) is 12.2 Å². The Labute approximate surface area is 142 Å². The number of benzene rings is 1. The Morgan fingerprint density at radius 3 is 2.48 bits per heavy atom. The van der Waals surface area contributed by atoms with Crippen LogP contribution in [-0.4, -0.2) is 42.9 Å². The Morgan fingerprint density at radius 2 is 1.96 bits per heavy atom. The zero-order valence-electron chi connectivity index (χ0n) is 13.4. The van der Waals surface area contributed by atoms with E-state index in [0.29, 0.717) is 5.56 Å². The Bertz CT molecular complexity index is 589. The lowest BCUT2D eigenvalue weighted by molar-refractivity contribution is -0.485. The largest absolute Gasteiger partial charge is 0.463 e. The molecule has 0 N–H and O–H groups in total. The van der Waals surface area contributed by atoms with Crippen molar-refractivity contribution in [3.8, 4) is 0 Å². The van der Waals surface area contributed by atoms with Crippen molar-refractivity contribution in [1.29, 1.82) is 0 Å². The minimum atomic E-state index is -4.61. The first-order valence-electron chi connectivity index (χ1n) is 7.43. The summed E-state index contributed by atoms with van der Waals surface area (Å²) in [5.74, 6) is -1.76. The number of esters is 1. The standard InChI is InChI=1S/C16H18F3NO5/c1-2-24-15(21)9-8-14(25-11-16(17,18)19)13(10-20(22)23)12-6-4-3-5-7-12/h3-9,13-14H,2,10-11H2,1H3/b9-8+/t13-,14-/m1/s1. The van der Waals surface area contributed by atoms with Gasteiger partial charge in [0.05, 0.1) is 18.6 Å². The fraction of sp³-hybridized carbons (Fsp3) is 0.438. The van der Waals surface area contributed by atoms with Gasteiger partial charge in [-0.15, -0.1) is 0 Å². The molecule has 25 heavy (non-hydrogen) atoms. The maximum absolute atomic E-state index is 12.5. The first-order chi connectivity index (χ1) is 11.7. The third kappa shape index (κ3) is 8.30. The monoisotopic (exact) mass is 361 g/mol. The highest BCUT2D eigenvalue weighted by Gasteiger charge is 2.33. The van der Waals surface area contributed by atoms with Crippen molar-refractivity contribution in [3.63, 3.8) is 0 Å². The van der Waals surface area contributed by atoms with Crippen molar-refractivity contribution in [1.82, 2.24) is 0 Å². The van der Waals surface area contributed by atoms with Crippen molar-refractivity contribution < 1.29 is 32.4 Å². The molecule has 0 bridgehead atoms. The first-order valence-corrected chi connectivity index (χ1v) is 7.43.